The molecule has 12 heavy (non-hydrogen) atoms. The van der Waals surface area contributed by atoms with Gasteiger partial charge in [0.05, 0.1) is 12.5 Å². The summed E-state index contributed by atoms with van der Waals surface area (Å²) >= 11 is 0. The van der Waals surface area contributed by atoms with Crippen LogP contribution in [-0.2, 0) is 4.79 Å². The Kier molecular flexibility index (Phi) is 2.03. The predicted molar refractivity (Wildman–Crippen MR) is 30.3 cm³/mol. The number of aromatic amines is 1. The highest BCUT2D eigenvalue weighted by Gasteiger charge is 2.41. The van der Waals surface area contributed by atoms with E-state index in [4.69, 9.17) is 0 Å². The SMILES string of the molecule is O=C(Oc1cnc[nH]1)C(F)(F)F. The van der Waals surface area contributed by atoms with Gasteiger partial charge < -0.3 is 9.72 Å². The molecular weight excluding hydrogens is 177 g/mol. The highest BCUT2D eigenvalue weighted by molar-refractivity contribution is 5.77. The fraction of sp³-hybridized carbons (Fsp3) is 0.200. The lowest BCUT2D eigenvalue weighted by Gasteiger charge is -2.03. The van der Waals surface area contributed by atoms with Gasteiger partial charge in [-0.1, -0.05) is 0 Å². The van der Waals surface area contributed by atoms with Crippen LogP contribution in [0.25, 0.3) is 0 Å². The molecule has 0 spiro atoms. The number of carbonyl (C=O) groups excluding carboxylic acids is 1. The van der Waals surface area contributed by atoms with Crippen LogP contribution in [-0.4, -0.2) is 22.1 Å². The summed E-state index contributed by atoms with van der Waals surface area (Å²) in [4.78, 5) is 15.7. The number of rotatable bonds is 1. The topological polar surface area (TPSA) is 55.0 Å². The quantitative estimate of drug-likeness (QED) is 0.652. The second-order valence-electron chi connectivity index (χ2n) is 1.80. The molecule has 0 amide bonds. The van der Waals surface area contributed by atoms with Gasteiger partial charge in [0, 0.05) is 0 Å². The number of nitrogens with zero attached hydrogens (tertiary/aromatic N) is 1. The first kappa shape index (κ1) is 8.57. The Hall–Kier alpha value is -1.53. The minimum atomic E-state index is -4.98. The summed E-state index contributed by atoms with van der Waals surface area (Å²) in [6.07, 6.45) is -2.92. The van der Waals surface area contributed by atoms with Crippen LogP contribution >= 0.6 is 0 Å². The predicted octanol–water partition coefficient (Wildman–Crippen LogP) is 0.877. The van der Waals surface area contributed by atoms with Crippen molar-refractivity contribution in [3.63, 3.8) is 0 Å². The number of aromatic nitrogens is 2. The van der Waals surface area contributed by atoms with Gasteiger partial charge in [0.15, 0.2) is 0 Å². The number of hydrogen-bond acceptors (Lipinski definition) is 3. The first-order valence-corrected chi connectivity index (χ1v) is 2.77. The van der Waals surface area contributed by atoms with Crippen molar-refractivity contribution in [2.75, 3.05) is 0 Å². The summed E-state index contributed by atoms with van der Waals surface area (Å²) in [6.45, 7) is 0. The molecule has 0 aliphatic heterocycles. The lowest BCUT2D eigenvalue weighted by molar-refractivity contribution is -0.189. The molecule has 0 aliphatic rings. The van der Waals surface area contributed by atoms with Gasteiger partial charge in [0.1, 0.15) is 0 Å². The van der Waals surface area contributed by atoms with E-state index in [0.717, 1.165) is 12.5 Å². The number of carbonyl (C=O) groups is 1. The van der Waals surface area contributed by atoms with Crippen molar-refractivity contribution in [3.05, 3.63) is 12.5 Å². The normalized spacial score (nSPS) is 11.2. The maximum Gasteiger partial charge on any atom is 0.491 e. The Morgan fingerprint density at radius 1 is 1.58 bits per heavy atom. The van der Waals surface area contributed by atoms with Crippen LogP contribution in [0, 0.1) is 0 Å². The van der Waals surface area contributed by atoms with Gasteiger partial charge in [0.2, 0.25) is 5.88 Å². The lowest BCUT2D eigenvalue weighted by atomic mass is 10.6. The van der Waals surface area contributed by atoms with E-state index in [1.54, 1.807) is 0 Å². The number of ether oxygens (including phenoxy) is 1. The molecule has 0 aromatic carbocycles. The van der Waals surface area contributed by atoms with E-state index < -0.39 is 12.1 Å². The zero-order valence-electron chi connectivity index (χ0n) is 5.55. The zero-order valence-corrected chi connectivity index (χ0v) is 5.55. The molecule has 1 aromatic rings. The Balaban J connectivity index is 2.60. The number of halogens is 3. The summed E-state index contributed by atoms with van der Waals surface area (Å²) in [6, 6.07) is 0. The number of nitrogens with one attached hydrogen (secondary N) is 1. The standard InChI is InChI=1S/C5H3F3N2O2/c6-5(7,8)4(11)12-3-1-9-2-10-3/h1-2H,(H,9,10). The van der Waals surface area contributed by atoms with E-state index in [0.29, 0.717) is 0 Å². The van der Waals surface area contributed by atoms with Crippen LogP contribution in [0.1, 0.15) is 0 Å². The van der Waals surface area contributed by atoms with Crippen LogP contribution in [0.2, 0.25) is 0 Å². The minimum Gasteiger partial charge on any atom is -0.401 e. The number of esters is 1. The van der Waals surface area contributed by atoms with Gasteiger partial charge in [-0.2, -0.15) is 13.2 Å². The second kappa shape index (κ2) is 2.84. The molecule has 0 saturated carbocycles. The molecule has 66 valence electrons. The summed E-state index contributed by atoms with van der Waals surface area (Å²) in [5, 5.41) is 0. The molecule has 1 aromatic heterocycles. The van der Waals surface area contributed by atoms with Crippen molar-refractivity contribution in [1.82, 2.24) is 9.97 Å². The fourth-order valence-electron chi connectivity index (χ4n) is 0.457. The van der Waals surface area contributed by atoms with Gasteiger partial charge in [0.25, 0.3) is 0 Å². The second-order valence-corrected chi connectivity index (χ2v) is 1.80. The molecule has 1 N–H and O–H groups in total. The van der Waals surface area contributed by atoms with E-state index in [9.17, 15) is 18.0 Å². The molecule has 1 heterocycles. The number of imidazole rings is 1. The maximum absolute atomic E-state index is 11.5. The van der Waals surface area contributed by atoms with Crippen LogP contribution in [0.15, 0.2) is 12.5 Å². The highest BCUT2D eigenvalue weighted by atomic mass is 19.4. The van der Waals surface area contributed by atoms with Crippen molar-refractivity contribution < 1.29 is 22.7 Å². The molecular formula is C5H3F3N2O2. The molecule has 7 heteroatoms. The van der Waals surface area contributed by atoms with E-state index >= 15 is 0 Å². The first-order chi connectivity index (χ1) is 5.50. The first-order valence-electron chi connectivity index (χ1n) is 2.77. The molecule has 0 atom stereocenters. The van der Waals surface area contributed by atoms with Crippen LogP contribution in [0.3, 0.4) is 0 Å². The van der Waals surface area contributed by atoms with Crippen LogP contribution in [0.5, 0.6) is 5.88 Å². The number of hydrogen-bond donors (Lipinski definition) is 1. The number of alkyl halides is 3. The Bertz CT molecular complexity index is 267. The van der Waals surface area contributed by atoms with E-state index in [2.05, 4.69) is 14.7 Å². The van der Waals surface area contributed by atoms with Crippen molar-refractivity contribution >= 4 is 5.97 Å². The molecule has 4 nitrogen and oxygen atoms in total. The van der Waals surface area contributed by atoms with Gasteiger partial charge in [-0.3, -0.25) is 0 Å². The van der Waals surface area contributed by atoms with Gasteiger partial charge in [-0.05, 0) is 0 Å². The Morgan fingerprint density at radius 3 is 2.67 bits per heavy atom. The summed E-state index contributed by atoms with van der Waals surface area (Å²) in [7, 11) is 0. The summed E-state index contributed by atoms with van der Waals surface area (Å²) in [5.74, 6) is -2.61. The van der Waals surface area contributed by atoms with E-state index in [1.807, 2.05) is 0 Å². The number of H-pyrrole nitrogens is 1. The molecule has 1 rings (SSSR count). The highest BCUT2D eigenvalue weighted by Crippen LogP contribution is 2.17. The van der Waals surface area contributed by atoms with Crippen molar-refractivity contribution in [2.24, 2.45) is 0 Å². The molecule has 0 aliphatic carbocycles. The van der Waals surface area contributed by atoms with Crippen molar-refractivity contribution in [1.29, 1.82) is 0 Å². The smallest absolute Gasteiger partial charge is 0.401 e. The van der Waals surface area contributed by atoms with Crippen molar-refractivity contribution in [2.45, 2.75) is 6.18 Å². The average Bonchev–Trinajstić information content (AvgIpc) is 2.37. The molecule has 0 bridgehead atoms. The van der Waals surface area contributed by atoms with Crippen LogP contribution < -0.4 is 4.74 Å². The van der Waals surface area contributed by atoms with Crippen molar-refractivity contribution in [3.8, 4) is 5.88 Å². The maximum atomic E-state index is 11.5. The Labute approximate surface area is 64.4 Å². The third-order valence-corrected chi connectivity index (χ3v) is 0.907. The van der Waals surface area contributed by atoms with Gasteiger partial charge in [-0.15, -0.1) is 0 Å². The fourth-order valence-corrected chi connectivity index (χ4v) is 0.457. The lowest BCUT2D eigenvalue weighted by Crippen LogP contribution is -2.28. The third kappa shape index (κ3) is 1.97. The average molecular weight is 180 g/mol. The minimum absolute atomic E-state index is 0.336. The largest absolute Gasteiger partial charge is 0.491 e. The zero-order chi connectivity index (χ0) is 9.19. The van der Waals surface area contributed by atoms with Gasteiger partial charge in [-0.25, -0.2) is 9.78 Å². The third-order valence-electron chi connectivity index (χ3n) is 0.907. The monoisotopic (exact) mass is 180 g/mol. The summed E-state index contributed by atoms with van der Waals surface area (Å²) in [5.41, 5.74) is 0. The van der Waals surface area contributed by atoms with Crippen LogP contribution in [0.4, 0.5) is 13.2 Å². The molecule has 0 fully saturated rings. The van der Waals surface area contributed by atoms with Gasteiger partial charge >= 0.3 is 12.1 Å². The molecule has 0 saturated heterocycles. The molecule has 0 radical (unpaired) electrons. The van der Waals surface area contributed by atoms with E-state index in [1.165, 1.54) is 0 Å². The summed E-state index contributed by atoms with van der Waals surface area (Å²) < 4.78 is 38.4. The molecule has 0 unspecified atom stereocenters. The van der Waals surface area contributed by atoms with E-state index in [-0.39, 0.29) is 5.88 Å². The Morgan fingerprint density at radius 2 is 2.25 bits per heavy atom.